The Kier molecular flexibility index (Phi) is 9.36. The summed E-state index contributed by atoms with van der Waals surface area (Å²) >= 11 is 0. The summed E-state index contributed by atoms with van der Waals surface area (Å²) in [6, 6.07) is 13.8. The van der Waals surface area contributed by atoms with Gasteiger partial charge in [-0.1, -0.05) is 30.3 Å². The summed E-state index contributed by atoms with van der Waals surface area (Å²) in [5, 5.41) is 8.74. The maximum Gasteiger partial charge on any atom is 0.387 e. The molecule has 0 fully saturated rings. The van der Waals surface area contributed by atoms with Crippen molar-refractivity contribution < 1.29 is 23.0 Å². The standard InChI is InChI=1S/C21H26F2N4O3/c1-3-24-21(26-13-16-6-4-5-7-18(16)30-20(22)23)27-14-19(28)25-12-15-8-10-17(29-2)11-9-15/h4-11,20H,3,12-14H2,1-2H3,(H,25,28)(H2,24,26,27). The van der Waals surface area contributed by atoms with Crippen molar-refractivity contribution in [2.24, 2.45) is 4.99 Å². The molecule has 3 N–H and O–H groups in total. The van der Waals surface area contributed by atoms with Crippen molar-refractivity contribution in [3.05, 3.63) is 59.7 Å². The average Bonchev–Trinajstić information content (AvgIpc) is 2.75. The third-order valence-corrected chi connectivity index (χ3v) is 4.01. The largest absolute Gasteiger partial charge is 0.497 e. The third kappa shape index (κ3) is 7.94. The fourth-order valence-electron chi connectivity index (χ4n) is 2.52. The molecule has 0 heterocycles. The fourth-order valence-corrected chi connectivity index (χ4v) is 2.52. The molecule has 7 nitrogen and oxygen atoms in total. The van der Waals surface area contributed by atoms with Crippen LogP contribution in [0.3, 0.4) is 0 Å². The van der Waals surface area contributed by atoms with E-state index in [1.165, 1.54) is 6.07 Å². The van der Waals surface area contributed by atoms with Crippen LogP contribution >= 0.6 is 0 Å². The Morgan fingerprint density at radius 3 is 2.47 bits per heavy atom. The number of hydrogen-bond acceptors (Lipinski definition) is 4. The number of para-hydroxylation sites is 1. The predicted octanol–water partition coefficient (Wildman–Crippen LogP) is 2.67. The number of guanidine groups is 1. The summed E-state index contributed by atoms with van der Waals surface area (Å²) in [5.74, 6) is 1.00. The van der Waals surface area contributed by atoms with Gasteiger partial charge in [0.25, 0.3) is 0 Å². The zero-order chi connectivity index (χ0) is 21.8. The first-order valence-electron chi connectivity index (χ1n) is 9.46. The van der Waals surface area contributed by atoms with Crippen molar-refractivity contribution in [3.8, 4) is 11.5 Å². The Morgan fingerprint density at radius 2 is 1.80 bits per heavy atom. The number of aliphatic imine (C=N–C) groups is 1. The summed E-state index contributed by atoms with van der Waals surface area (Å²) in [4.78, 5) is 16.5. The SMILES string of the molecule is CCNC(=NCc1ccccc1OC(F)F)NCC(=O)NCc1ccc(OC)cc1. The number of benzene rings is 2. The van der Waals surface area contributed by atoms with Crippen LogP contribution in [0, 0.1) is 0 Å². The highest BCUT2D eigenvalue weighted by Gasteiger charge is 2.09. The Labute approximate surface area is 174 Å². The summed E-state index contributed by atoms with van der Waals surface area (Å²) in [6.45, 7) is 0.0683. The van der Waals surface area contributed by atoms with Crippen molar-refractivity contribution in [2.45, 2.75) is 26.6 Å². The maximum absolute atomic E-state index is 12.5. The molecule has 0 radical (unpaired) electrons. The number of ether oxygens (including phenoxy) is 2. The van der Waals surface area contributed by atoms with Crippen LogP contribution in [-0.2, 0) is 17.9 Å². The van der Waals surface area contributed by atoms with E-state index in [2.05, 4.69) is 25.7 Å². The number of carbonyl (C=O) groups excluding carboxylic acids is 1. The number of rotatable bonds is 10. The topological polar surface area (TPSA) is 84.0 Å². The lowest BCUT2D eigenvalue weighted by Crippen LogP contribution is -2.43. The number of nitrogens with one attached hydrogen (secondary N) is 3. The molecule has 0 bridgehead atoms. The zero-order valence-corrected chi connectivity index (χ0v) is 17.0. The van der Waals surface area contributed by atoms with Gasteiger partial charge in [0.05, 0.1) is 20.2 Å². The molecule has 0 atom stereocenters. The second-order valence-corrected chi connectivity index (χ2v) is 6.16. The summed E-state index contributed by atoms with van der Waals surface area (Å²) in [6.07, 6.45) is 0. The van der Waals surface area contributed by atoms with E-state index in [0.29, 0.717) is 24.6 Å². The van der Waals surface area contributed by atoms with E-state index in [1.54, 1.807) is 25.3 Å². The molecule has 30 heavy (non-hydrogen) atoms. The van der Waals surface area contributed by atoms with E-state index in [9.17, 15) is 13.6 Å². The Hall–Kier alpha value is -3.36. The lowest BCUT2D eigenvalue weighted by Gasteiger charge is -2.13. The van der Waals surface area contributed by atoms with E-state index in [1.807, 2.05) is 31.2 Å². The lowest BCUT2D eigenvalue weighted by atomic mass is 10.2. The number of hydrogen-bond donors (Lipinski definition) is 3. The number of nitrogens with zero attached hydrogens (tertiary/aromatic N) is 1. The van der Waals surface area contributed by atoms with Gasteiger partial charge < -0.3 is 25.4 Å². The van der Waals surface area contributed by atoms with Crippen LogP contribution < -0.4 is 25.4 Å². The first-order chi connectivity index (χ1) is 14.5. The smallest absolute Gasteiger partial charge is 0.387 e. The summed E-state index contributed by atoms with van der Waals surface area (Å²) in [7, 11) is 1.59. The van der Waals surface area contributed by atoms with E-state index >= 15 is 0 Å². The molecule has 1 amide bonds. The molecule has 0 spiro atoms. The quantitative estimate of drug-likeness (QED) is 0.407. The average molecular weight is 420 g/mol. The predicted molar refractivity (Wildman–Crippen MR) is 111 cm³/mol. The van der Waals surface area contributed by atoms with Gasteiger partial charge in [-0.3, -0.25) is 4.79 Å². The molecular formula is C21H26F2N4O3. The molecule has 0 saturated carbocycles. The Bertz CT molecular complexity index is 829. The minimum absolute atomic E-state index is 0.0111. The highest BCUT2D eigenvalue weighted by atomic mass is 19.3. The van der Waals surface area contributed by atoms with Crippen LogP contribution in [-0.4, -0.2) is 38.7 Å². The van der Waals surface area contributed by atoms with Gasteiger partial charge in [0.2, 0.25) is 5.91 Å². The second kappa shape index (κ2) is 12.3. The Morgan fingerprint density at radius 1 is 1.07 bits per heavy atom. The number of methoxy groups -OCH3 is 1. The number of amides is 1. The van der Waals surface area contributed by atoms with Gasteiger partial charge in [0, 0.05) is 18.7 Å². The minimum atomic E-state index is -2.91. The maximum atomic E-state index is 12.5. The van der Waals surface area contributed by atoms with Crippen molar-refractivity contribution in [2.75, 3.05) is 20.2 Å². The minimum Gasteiger partial charge on any atom is -0.497 e. The van der Waals surface area contributed by atoms with Crippen molar-refractivity contribution >= 4 is 11.9 Å². The van der Waals surface area contributed by atoms with Crippen LogP contribution in [0.25, 0.3) is 0 Å². The third-order valence-electron chi connectivity index (χ3n) is 4.01. The van der Waals surface area contributed by atoms with Gasteiger partial charge in [-0.15, -0.1) is 0 Å². The highest BCUT2D eigenvalue weighted by Crippen LogP contribution is 2.20. The molecule has 0 aliphatic heterocycles. The van der Waals surface area contributed by atoms with Gasteiger partial charge in [-0.25, -0.2) is 4.99 Å². The Balaban J connectivity index is 1.87. The van der Waals surface area contributed by atoms with E-state index < -0.39 is 6.61 Å². The molecular weight excluding hydrogens is 394 g/mol. The number of halogens is 2. The van der Waals surface area contributed by atoms with E-state index in [4.69, 9.17) is 4.74 Å². The van der Waals surface area contributed by atoms with Crippen molar-refractivity contribution in [1.82, 2.24) is 16.0 Å². The lowest BCUT2D eigenvalue weighted by molar-refractivity contribution is -0.120. The molecule has 0 aromatic heterocycles. The van der Waals surface area contributed by atoms with Gasteiger partial charge in [-0.2, -0.15) is 8.78 Å². The van der Waals surface area contributed by atoms with Crippen molar-refractivity contribution in [3.63, 3.8) is 0 Å². The molecule has 0 saturated heterocycles. The molecule has 2 aromatic rings. The number of carbonyl (C=O) groups is 1. The molecule has 2 aromatic carbocycles. The van der Waals surface area contributed by atoms with Crippen molar-refractivity contribution in [1.29, 1.82) is 0 Å². The van der Waals surface area contributed by atoms with Gasteiger partial charge in [-0.05, 0) is 30.7 Å². The molecule has 162 valence electrons. The first kappa shape index (κ1) is 22.9. The number of alkyl halides is 2. The summed E-state index contributed by atoms with van der Waals surface area (Å²) in [5.41, 5.74) is 1.46. The van der Waals surface area contributed by atoms with Crippen LogP contribution in [0.4, 0.5) is 8.78 Å². The zero-order valence-electron chi connectivity index (χ0n) is 17.0. The van der Waals surface area contributed by atoms with Crippen LogP contribution in [0.2, 0.25) is 0 Å². The monoisotopic (exact) mass is 420 g/mol. The highest BCUT2D eigenvalue weighted by molar-refractivity contribution is 5.86. The summed E-state index contributed by atoms with van der Waals surface area (Å²) < 4.78 is 34.7. The van der Waals surface area contributed by atoms with E-state index in [-0.39, 0.29) is 24.7 Å². The first-order valence-corrected chi connectivity index (χ1v) is 9.46. The molecule has 0 aliphatic carbocycles. The normalized spacial score (nSPS) is 11.2. The van der Waals surface area contributed by atoms with E-state index in [0.717, 1.165) is 11.3 Å². The van der Waals surface area contributed by atoms with Crippen LogP contribution in [0.1, 0.15) is 18.1 Å². The molecule has 9 heteroatoms. The second-order valence-electron chi connectivity index (χ2n) is 6.16. The van der Waals surface area contributed by atoms with Gasteiger partial charge in [0.1, 0.15) is 11.5 Å². The van der Waals surface area contributed by atoms with Crippen LogP contribution in [0.15, 0.2) is 53.5 Å². The van der Waals surface area contributed by atoms with Gasteiger partial charge in [0.15, 0.2) is 5.96 Å². The molecule has 2 rings (SSSR count). The van der Waals surface area contributed by atoms with Gasteiger partial charge >= 0.3 is 6.61 Å². The molecule has 0 unspecified atom stereocenters. The fraction of sp³-hybridized carbons (Fsp3) is 0.333. The van der Waals surface area contributed by atoms with Crippen LogP contribution in [0.5, 0.6) is 11.5 Å². The molecule has 0 aliphatic rings.